The minimum Gasteiger partial charge on any atom is -0.484 e. The second-order valence-corrected chi connectivity index (χ2v) is 5.57. The second-order valence-electron chi connectivity index (χ2n) is 4.71. The normalized spacial score (nSPS) is 12.3. The van der Waals surface area contributed by atoms with Gasteiger partial charge in [0.15, 0.2) is 23.9 Å². The van der Waals surface area contributed by atoms with Crippen LogP contribution in [0.15, 0.2) is 40.9 Å². The minimum absolute atomic E-state index is 0.0265. The molecule has 0 aromatic heterocycles. The van der Waals surface area contributed by atoms with E-state index in [1.54, 1.807) is 18.2 Å². The SMILES string of the molecule is Cc1ccc(OCC(=O)c2ccc3c(c2)OCO3)c(Br)c1. The van der Waals surface area contributed by atoms with Gasteiger partial charge in [-0.2, -0.15) is 0 Å². The monoisotopic (exact) mass is 348 g/mol. The summed E-state index contributed by atoms with van der Waals surface area (Å²) in [5.41, 5.74) is 1.67. The van der Waals surface area contributed by atoms with E-state index >= 15 is 0 Å². The molecule has 1 aliphatic heterocycles. The molecule has 0 N–H and O–H groups in total. The second kappa shape index (κ2) is 5.77. The predicted molar refractivity (Wildman–Crippen MR) is 81.3 cm³/mol. The Hall–Kier alpha value is -2.01. The Kier molecular flexibility index (Phi) is 3.84. The van der Waals surface area contributed by atoms with Gasteiger partial charge in [-0.05, 0) is 58.7 Å². The lowest BCUT2D eigenvalue weighted by molar-refractivity contribution is 0.0920. The molecule has 0 saturated carbocycles. The van der Waals surface area contributed by atoms with Gasteiger partial charge in [0.25, 0.3) is 0 Å². The summed E-state index contributed by atoms with van der Waals surface area (Å²) in [6.07, 6.45) is 0. The highest BCUT2D eigenvalue weighted by atomic mass is 79.9. The fraction of sp³-hybridized carbons (Fsp3) is 0.188. The summed E-state index contributed by atoms with van der Waals surface area (Å²) >= 11 is 3.42. The van der Waals surface area contributed by atoms with Crippen LogP contribution in [0.2, 0.25) is 0 Å². The number of hydrogen-bond acceptors (Lipinski definition) is 4. The molecule has 2 aromatic carbocycles. The first-order valence-corrected chi connectivity index (χ1v) is 7.24. The fourth-order valence-electron chi connectivity index (χ4n) is 2.02. The molecule has 0 amide bonds. The molecule has 3 rings (SSSR count). The van der Waals surface area contributed by atoms with E-state index in [1.807, 2.05) is 25.1 Å². The summed E-state index contributed by atoms with van der Waals surface area (Å²) in [5, 5.41) is 0. The molecule has 0 aliphatic carbocycles. The maximum atomic E-state index is 12.2. The zero-order valence-corrected chi connectivity index (χ0v) is 13.0. The Balaban J connectivity index is 1.69. The number of ether oxygens (including phenoxy) is 3. The number of carbonyl (C=O) groups is 1. The molecule has 0 radical (unpaired) electrons. The summed E-state index contributed by atoms with van der Waals surface area (Å²) < 4.78 is 16.9. The molecule has 4 nitrogen and oxygen atoms in total. The highest BCUT2D eigenvalue weighted by Gasteiger charge is 2.16. The van der Waals surface area contributed by atoms with Crippen molar-refractivity contribution >= 4 is 21.7 Å². The number of fused-ring (bicyclic) bond motifs is 1. The van der Waals surface area contributed by atoms with Crippen LogP contribution in [0.5, 0.6) is 17.2 Å². The quantitative estimate of drug-likeness (QED) is 0.789. The van der Waals surface area contributed by atoms with Crippen molar-refractivity contribution in [3.8, 4) is 17.2 Å². The van der Waals surface area contributed by atoms with Gasteiger partial charge in [0.2, 0.25) is 6.79 Å². The maximum Gasteiger partial charge on any atom is 0.231 e. The van der Waals surface area contributed by atoms with Crippen molar-refractivity contribution in [1.29, 1.82) is 0 Å². The summed E-state index contributed by atoms with van der Waals surface area (Å²) in [6, 6.07) is 10.8. The Morgan fingerprint density at radius 3 is 2.81 bits per heavy atom. The van der Waals surface area contributed by atoms with Gasteiger partial charge in [-0.25, -0.2) is 0 Å². The molecule has 0 atom stereocenters. The first kappa shape index (κ1) is 13.9. The van der Waals surface area contributed by atoms with Crippen LogP contribution in [0.4, 0.5) is 0 Å². The average Bonchev–Trinajstić information content (AvgIpc) is 2.93. The van der Waals surface area contributed by atoms with Gasteiger partial charge in [-0.1, -0.05) is 6.07 Å². The Labute approximate surface area is 130 Å². The number of rotatable bonds is 4. The van der Waals surface area contributed by atoms with E-state index in [4.69, 9.17) is 14.2 Å². The fourth-order valence-corrected chi connectivity index (χ4v) is 2.63. The van der Waals surface area contributed by atoms with Crippen molar-refractivity contribution in [2.75, 3.05) is 13.4 Å². The van der Waals surface area contributed by atoms with E-state index in [9.17, 15) is 4.79 Å². The van der Waals surface area contributed by atoms with Crippen molar-refractivity contribution in [3.63, 3.8) is 0 Å². The summed E-state index contributed by atoms with van der Waals surface area (Å²) in [6.45, 7) is 2.16. The lowest BCUT2D eigenvalue weighted by atomic mass is 10.1. The van der Waals surface area contributed by atoms with E-state index in [2.05, 4.69) is 15.9 Å². The smallest absolute Gasteiger partial charge is 0.231 e. The molecule has 0 fully saturated rings. The van der Waals surface area contributed by atoms with E-state index < -0.39 is 0 Å². The van der Waals surface area contributed by atoms with Crippen LogP contribution in [0.1, 0.15) is 15.9 Å². The summed E-state index contributed by atoms with van der Waals surface area (Å²) in [7, 11) is 0. The minimum atomic E-state index is -0.110. The van der Waals surface area contributed by atoms with Crippen LogP contribution < -0.4 is 14.2 Å². The lowest BCUT2D eigenvalue weighted by Crippen LogP contribution is -2.11. The van der Waals surface area contributed by atoms with Gasteiger partial charge in [0.05, 0.1) is 4.47 Å². The first-order valence-electron chi connectivity index (χ1n) is 6.45. The summed E-state index contributed by atoms with van der Waals surface area (Å²) in [5.74, 6) is 1.79. The van der Waals surface area contributed by atoms with E-state index in [0.717, 1.165) is 10.0 Å². The molecule has 2 aromatic rings. The van der Waals surface area contributed by atoms with Crippen LogP contribution in [-0.4, -0.2) is 19.2 Å². The predicted octanol–water partition coefficient (Wildman–Crippen LogP) is 3.75. The van der Waals surface area contributed by atoms with Crippen molar-refractivity contribution in [3.05, 3.63) is 52.0 Å². The molecule has 5 heteroatoms. The van der Waals surface area contributed by atoms with Gasteiger partial charge < -0.3 is 14.2 Å². The Morgan fingerprint density at radius 2 is 2.00 bits per heavy atom. The van der Waals surface area contributed by atoms with Gasteiger partial charge in [0.1, 0.15) is 5.75 Å². The van der Waals surface area contributed by atoms with Crippen LogP contribution >= 0.6 is 15.9 Å². The van der Waals surface area contributed by atoms with Gasteiger partial charge in [-0.15, -0.1) is 0 Å². The van der Waals surface area contributed by atoms with Crippen LogP contribution in [0.25, 0.3) is 0 Å². The molecule has 0 bridgehead atoms. The van der Waals surface area contributed by atoms with Crippen LogP contribution in [0, 0.1) is 6.92 Å². The third-order valence-electron chi connectivity index (χ3n) is 3.14. The van der Waals surface area contributed by atoms with E-state index in [0.29, 0.717) is 22.8 Å². The van der Waals surface area contributed by atoms with Crippen molar-refractivity contribution in [2.24, 2.45) is 0 Å². The first-order chi connectivity index (χ1) is 10.1. The molecule has 108 valence electrons. The maximum absolute atomic E-state index is 12.2. The number of carbonyl (C=O) groups excluding carboxylic acids is 1. The highest BCUT2D eigenvalue weighted by Crippen LogP contribution is 2.32. The van der Waals surface area contributed by atoms with Gasteiger partial charge in [-0.3, -0.25) is 4.79 Å². The van der Waals surface area contributed by atoms with Crippen molar-refractivity contribution < 1.29 is 19.0 Å². The van der Waals surface area contributed by atoms with Crippen LogP contribution in [0.3, 0.4) is 0 Å². The molecule has 0 saturated heterocycles. The zero-order valence-electron chi connectivity index (χ0n) is 11.4. The molecule has 1 aliphatic rings. The molecule has 0 unspecified atom stereocenters. The summed E-state index contributed by atoms with van der Waals surface area (Å²) in [4.78, 5) is 12.2. The molecular formula is C16H13BrO4. The van der Waals surface area contributed by atoms with Crippen molar-refractivity contribution in [1.82, 2.24) is 0 Å². The van der Waals surface area contributed by atoms with E-state index in [1.165, 1.54) is 0 Å². The standard InChI is InChI=1S/C16H13BrO4/c1-10-2-4-14(12(17)6-10)19-8-13(18)11-3-5-15-16(7-11)21-9-20-15/h2-7H,8-9H2,1H3. The largest absolute Gasteiger partial charge is 0.484 e. The van der Waals surface area contributed by atoms with Gasteiger partial charge in [0, 0.05) is 5.56 Å². The zero-order chi connectivity index (χ0) is 14.8. The molecular weight excluding hydrogens is 336 g/mol. The van der Waals surface area contributed by atoms with Crippen molar-refractivity contribution in [2.45, 2.75) is 6.92 Å². The van der Waals surface area contributed by atoms with Gasteiger partial charge >= 0.3 is 0 Å². The number of Topliss-reactive ketones (excluding diaryl/α,β-unsaturated/α-hetero) is 1. The third kappa shape index (κ3) is 3.03. The molecule has 21 heavy (non-hydrogen) atoms. The number of hydrogen-bond donors (Lipinski definition) is 0. The third-order valence-corrected chi connectivity index (χ3v) is 3.76. The van der Waals surface area contributed by atoms with Crippen LogP contribution in [-0.2, 0) is 0 Å². The lowest BCUT2D eigenvalue weighted by Gasteiger charge is -2.08. The van der Waals surface area contributed by atoms with E-state index in [-0.39, 0.29) is 19.2 Å². The highest BCUT2D eigenvalue weighted by molar-refractivity contribution is 9.10. The molecule has 0 spiro atoms. The Morgan fingerprint density at radius 1 is 1.19 bits per heavy atom. The molecule has 1 heterocycles. The number of aryl methyl sites for hydroxylation is 1. The average molecular weight is 349 g/mol. The number of ketones is 1. The number of benzene rings is 2. The topological polar surface area (TPSA) is 44.8 Å². The Bertz CT molecular complexity index is 697. The number of halogens is 1.